The SMILES string of the molecule is O=C1CC2CCCC34CC5CC(O1)C23OC(O5)O4. The van der Waals surface area contributed by atoms with Gasteiger partial charge < -0.3 is 18.9 Å². The topological polar surface area (TPSA) is 54.0 Å². The summed E-state index contributed by atoms with van der Waals surface area (Å²) in [5.41, 5.74) is -0.677. The molecule has 2 aliphatic carbocycles. The molecule has 98 valence electrons. The largest absolute Gasteiger partial charge is 0.459 e. The lowest BCUT2D eigenvalue weighted by Gasteiger charge is -2.59. The van der Waals surface area contributed by atoms with Crippen molar-refractivity contribution in [3.8, 4) is 0 Å². The summed E-state index contributed by atoms with van der Waals surface area (Å²) in [7, 11) is 0. The Morgan fingerprint density at radius 3 is 3.17 bits per heavy atom. The monoisotopic (exact) mass is 252 g/mol. The summed E-state index contributed by atoms with van der Waals surface area (Å²) in [5, 5.41) is 0. The van der Waals surface area contributed by atoms with Crippen molar-refractivity contribution in [2.24, 2.45) is 5.92 Å². The number of rotatable bonds is 0. The number of esters is 1. The highest BCUT2D eigenvalue weighted by atomic mass is 16.9. The average Bonchev–Trinajstić information content (AvgIpc) is 2.47. The predicted molar refractivity (Wildman–Crippen MR) is 57.4 cm³/mol. The lowest BCUT2D eigenvalue weighted by molar-refractivity contribution is -0.304. The minimum atomic E-state index is -0.536. The summed E-state index contributed by atoms with van der Waals surface area (Å²) in [5.74, 6) is 0.158. The van der Waals surface area contributed by atoms with Crippen LogP contribution < -0.4 is 0 Å². The maximum Gasteiger partial charge on any atom is 0.306 e. The third-order valence-corrected chi connectivity index (χ3v) is 5.57. The number of hydrogen-bond acceptors (Lipinski definition) is 5. The molecule has 18 heavy (non-hydrogen) atoms. The van der Waals surface area contributed by atoms with E-state index in [0.29, 0.717) is 6.42 Å². The molecular formula is C13H16O5. The Labute approximate surface area is 105 Å². The molecule has 0 amide bonds. The van der Waals surface area contributed by atoms with Crippen LogP contribution in [0.4, 0.5) is 0 Å². The van der Waals surface area contributed by atoms with E-state index in [9.17, 15) is 4.79 Å². The first-order valence-electron chi connectivity index (χ1n) is 6.92. The van der Waals surface area contributed by atoms with E-state index in [0.717, 1.165) is 32.1 Å². The van der Waals surface area contributed by atoms with Crippen LogP contribution in [-0.4, -0.2) is 35.9 Å². The van der Waals surface area contributed by atoms with Crippen LogP contribution in [-0.2, 0) is 23.7 Å². The van der Waals surface area contributed by atoms with E-state index in [1.165, 1.54) is 0 Å². The van der Waals surface area contributed by atoms with Crippen LogP contribution in [0.5, 0.6) is 0 Å². The predicted octanol–water partition coefficient (Wildman–Crippen LogP) is 1.10. The van der Waals surface area contributed by atoms with Crippen LogP contribution >= 0.6 is 0 Å². The molecule has 0 aromatic carbocycles. The first-order chi connectivity index (χ1) is 8.72. The van der Waals surface area contributed by atoms with Gasteiger partial charge >= 0.3 is 5.97 Å². The van der Waals surface area contributed by atoms with E-state index < -0.39 is 12.1 Å². The summed E-state index contributed by atoms with van der Waals surface area (Å²) in [6.07, 6.45) is 5.23. The fourth-order valence-corrected chi connectivity index (χ4v) is 5.06. The molecule has 5 heteroatoms. The summed E-state index contributed by atoms with van der Waals surface area (Å²) in [4.78, 5) is 11.8. The molecule has 0 N–H and O–H groups in total. The van der Waals surface area contributed by atoms with Gasteiger partial charge in [0.1, 0.15) is 17.3 Å². The second-order valence-electron chi connectivity index (χ2n) is 6.28. The summed E-state index contributed by atoms with van der Waals surface area (Å²) >= 11 is 0. The lowest BCUT2D eigenvalue weighted by atomic mass is 9.55. The summed E-state index contributed by atoms with van der Waals surface area (Å²) < 4.78 is 23.6. The number of hydrogen-bond donors (Lipinski definition) is 0. The molecule has 0 aromatic heterocycles. The van der Waals surface area contributed by atoms with Gasteiger partial charge in [-0.15, -0.1) is 0 Å². The smallest absolute Gasteiger partial charge is 0.306 e. The van der Waals surface area contributed by atoms with E-state index in [2.05, 4.69) is 0 Å². The van der Waals surface area contributed by atoms with Crippen LogP contribution in [0.15, 0.2) is 0 Å². The first-order valence-corrected chi connectivity index (χ1v) is 6.92. The highest BCUT2D eigenvalue weighted by molar-refractivity contribution is 5.71. The molecule has 6 atom stereocenters. The normalized spacial score (nSPS) is 60.3. The Morgan fingerprint density at radius 2 is 2.22 bits per heavy atom. The van der Waals surface area contributed by atoms with Gasteiger partial charge in [0.2, 0.25) is 0 Å². The maximum absolute atomic E-state index is 11.8. The molecule has 2 saturated carbocycles. The lowest BCUT2D eigenvalue weighted by Crippen LogP contribution is -2.72. The van der Waals surface area contributed by atoms with Gasteiger partial charge in [-0.3, -0.25) is 4.79 Å². The van der Waals surface area contributed by atoms with Crippen molar-refractivity contribution in [2.45, 2.75) is 68.4 Å². The van der Waals surface area contributed by atoms with Crippen molar-refractivity contribution >= 4 is 5.97 Å². The molecule has 5 rings (SSSR count). The molecule has 5 fully saturated rings. The third kappa shape index (κ3) is 0.928. The van der Waals surface area contributed by atoms with E-state index in [1.807, 2.05) is 0 Å². The minimum Gasteiger partial charge on any atom is -0.459 e. The van der Waals surface area contributed by atoms with Gasteiger partial charge in [-0.2, -0.15) is 0 Å². The standard InChI is InChI=1S/C13H16O5/c14-10-4-7-2-1-3-12-6-8-5-9(16-10)13(7,12)18-11(15-8)17-12/h7-9,11H,1-6H2. The number of carbonyl (C=O) groups excluding carboxylic acids is 1. The average molecular weight is 252 g/mol. The zero-order valence-electron chi connectivity index (χ0n) is 10.1. The zero-order valence-corrected chi connectivity index (χ0v) is 10.1. The van der Waals surface area contributed by atoms with Gasteiger partial charge in [0.25, 0.3) is 6.48 Å². The Balaban J connectivity index is 1.71. The van der Waals surface area contributed by atoms with Crippen LogP contribution in [0.1, 0.15) is 38.5 Å². The summed E-state index contributed by atoms with van der Waals surface area (Å²) in [6.45, 7) is -0.536. The Kier molecular flexibility index (Phi) is 1.65. The second-order valence-corrected chi connectivity index (χ2v) is 6.28. The molecule has 3 aliphatic heterocycles. The minimum absolute atomic E-state index is 0.0824. The second kappa shape index (κ2) is 2.92. The quantitative estimate of drug-likeness (QED) is 0.604. The fourth-order valence-electron chi connectivity index (χ4n) is 5.06. The Bertz CT molecular complexity index is 437. The summed E-state index contributed by atoms with van der Waals surface area (Å²) in [6, 6.07) is 0. The third-order valence-electron chi connectivity index (χ3n) is 5.57. The van der Waals surface area contributed by atoms with Gasteiger partial charge in [0.05, 0.1) is 12.5 Å². The van der Waals surface area contributed by atoms with Gasteiger partial charge in [0, 0.05) is 18.8 Å². The highest BCUT2D eigenvalue weighted by Gasteiger charge is 2.76. The van der Waals surface area contributed by atoms with E-state index in [1.54, 1.807) is 0 Å². The molecule has 3 heterocycles. The Morgan fingerprint density at radius 1 is 1.28 bits per heavy atom. The highest BCUT2D eigenvalue weighted by Crippen LogP contribution is 2.64. The van der Waals surface area contributed by atoms with E-state index >= 15 is 0 Å². The number of carbonyl (C=O) groups is 1. The molecule has 0 radical (unpaired) electrons. The van der Waals surface area contributed by atoms with E-state index in [-0.39, 0.29) is 29.7 Å². The Hall–Kier alpha value is -0.650. The molecular weight excluding hydrogens is 236 g/mol. The number of fused-ring (bicyclic) bond motifs is 2. The molecule has 2 spiro atoms. The molecule has 0 aromatic rings. The van der Waals surface area contributed by atoms with Gasteiger partial charge in [-0.25, -0.2) is 0 Å². The molecule has 6 unspecified atom stereocenters. The van der Waals surface area contributed by atoms with Crippen molar-refractivity contribution < 1.29 is 23.7 Å². The van der Waals surface area contributed by atoms with Crippen LogP contribution in [0, 0.1) is 5.92 Å². The van der Waals surface area contributed by atoms with Gasteiger partial charge in [0.15, 0.2) is 0 Å². The molecule has 5 nitrogen and oxygen atoms in total. The maximum atomic E-state index is 11.8. The number of ether oxygens (including phenoxy) is 4. The van der Waals surface area contributed by atoms with Crippen molar-refractivity contribution in [3.05, 3.63) is 0 Å². The molecule has 5 aliphatic rings. The molecule has 3 saturated heterocycles. The molecule has 3 bridgehead atoms. The van der Waals surface area contributed by atoms with Crippen LogP contribution in [0.2, 0.25) is 0 Å². The zero-order chi connectivity index (χ0) is 12.0. The fraction of sp³-hybridized carbons (Fsp3) is 0.923. The van der Waals surface area contributed by atoms with Crippen molar-refractivity contribution in [3.63, 3.8) is 0 Å². The van der Waals surface area contributed by atoms with Crippen molar-refractivity contribution in [1.29, 1.82) is 0 Å². The van der Waals surface area contributed by atoms with Crippen LogP contribution in [0.3, 0.4) is 0 Å². The van der Waals surface area contributed by atoms with E-state index in [4.69, 9.17) is 18.9 Å². The first kappa shape index (κ1) is 10.2. The van der Waals surface area contributed by atoms with Gasteiger partial charge in [-0.1, -0.05) is 6.42 Å². The van der Waals surface area contributed by atoms with Gasteiger partial charge in [-0.05, 0) is 12.8 Å². The van der Waals surface area contributed by atoms with Crippen molar-refractivity contribution in [2.75, 3.05) is 0 Å². The van der Waals surface area contributed by atoms with Crippen molar-refractivity contribution in [1.82, 2.24) is 0 Å². The van der Waals surface area contributed by atoms with Crippen LogP contribution in [0.25, 0.3) is 0 Å².